The van der Waals surface area contributed by atoms with Crippen molar-refractivity contribution in [2.75, 3.05) is 12.4 Å². The number of hydrogen-bond donors (Lipinski definition) is 2. The first-order valence-corrected chi connectivity index (χ1v) is 9.10. The second-order valence-electron chi connectivity index (χ2n) is 7.49. The van der Waals surface area contributed by atoms with E-state index in [0.29, 0.717) is 22.7 Å². The zero-order valence-electron chi connectivity index (χ0n) is 16.8. The molecule has 3 aromatic rings. The van der Waals surface area contributed by atoms with Crippen molar-refractivity contribution in [2.45, 2.75) is 26.2 Å². The molecule has 7 nitrogen and oxygen atoms in total. The zero-order valence-corrected chi connectivity index (χ0v) is 16.8. The Labute approximate surface area is 169 Å². The van der Waals surface area contributed by atoms with Crippen molar-refractivity contribution < 1.29 is 19.1 Å². The van der Waals surface area contributed by atoms with Gasteiger partial charge in [0.2, 0.25) is 0 Å². The Hall–Kier alpha value is -3.61. The van der Waals surface area contributed by atoms with Crippen molar-refractivity contribution in [3.05, 3.63) is 71.5 Å². The quantitative estimate of drug-likeness (QED) is 0.501. The maximum absolute atomic E-state index is 12.4. The number of para-hydroxylation sites is 1. The van der Waals surface area contributed by atoms with E-state index in [4.69, 9.17) is 9.47 Å². The minimum absolute atomic E-state index is 0.146. The van der Waals surface area contributed by atoms with Crippen molar-refractivity contribution in [1.82, 2.24) is 10.2 Å². The summed E-state index contributed by atoms with van der Waals surface area (Å²) in [5.41, 5.74) is 1.91. The number of aromatic amines is 1. The Morgan fingerprint density at radius 3 is 2.34 bits per heavy atom. The van der Waals surface area contributed by atoms with Crippen LogP contribution in [0.1, 0.15) is 47.3 Å². The zero-order chi connectivity index (χ0) is 21.0. The van der Waals surface area contributed by atoms with Crippen LogP contribution in [-0.4, -0.2) is 29.2 Å². The van der Waals surface area contributed by atoms with Gasteiger partial charge in [0.05, 0.1) is 12.7 Å². The number of esters is 1. The molecule has 0 unspecified atom stereocenters. The number of methoxy groups -OCH3 is 1. The molecule has 1 heterocycles. The summed E-state index contributed by atoms with van der Waals surface area (Å²) in [7, 11) is 1.51. The monoisotopic (exact) mass is 393 g/mol. The number of carbonyl (C=O) groups is 2. The maximum Gasteiger partial charge on any atom is 0.364 e. The highest BCUT2D eigenvalue weighted by Crippen LogP contribution is 2.23. The predicted octanol–water partition coefficient (Wildman–Crippen LogP) is 4.19. The van der Waals surface area contributed by atoms with Gasteiger partial charge in [0.1, 0.15) is 11.5 Å². The van der Waals surface area contributed by atoms with Gasteiger partial charge < -0.3 is 14.8 Å². The molecule has 0 aliphatic rings. The smallest absolute Gasteiger partial charge is 0.364 e. The van der Waals surface area contributed by atoms with Gasteiger partial charge in [-0.05, 0) is 42.5 Å². The number of H-pyrrole nitrogens is 1. The van der Waals surface area contributed by atoms with Crippen LogP contribution in [0.5, 0.6) is 11.5 Å². The van der Waals surface area contributed by atoms with Gasteiger partial charge in [-0.2, -0.15) is 5.10 Å². The average Bonchev–Trinajstić information content (AvgIpc) is 3.20. The van der Waals surface area contributed by atoms with Crippen LogP contribution in [0, 0.1) is 0 Å². The molecule has 1 amide bonds. The lowest BCUT2D eigenvalue weighted by Crippen LogP contribution is -2.13. The summed E-state index contributed by atoms with van der Waals surface area (Å²) in [6, 6.07) is 15.2. The first-order valence-electron chi connectivity index (χ1n) is 9.10. The van der Waals surface area contributed by atoms with Crippen LogP contribution in [0.25, 0.3) is 0 Å². The lowest BCUT2D eigenvalue weighted by atomic mass is 9.92. The molecule has 29 heavy (non-hydrogen) atoms. The minimum atomic E-state index is -0.553. The minimum Gasteiger partial charge on any atom is -0.496 e. The summed E-state index contributed by atoms with van der Waals surface area (Å²) in [5.74, 6) is -0.00392. The van der Waals surface area contributed by atoms with E-state index in [1.165, 1.54) is 7.11 Å². The van der Waals surface area contributed by atoms with E-state index in [1.54, 1.807) is 54.6 Å². The Balaban J connectivity index is 1.65. The highest BCUT2D eigenvalue weighted by atomic mass is 16.5. The Morgan fingerprint density at radius 1 is 1.03 bits per heavy atom. The van der Waals surface area contributed by atoms with E-state index in [0.717, 1.165) is 5.69 Å². The number of rotatable bonds is 5. The third kappa shape index (κ3) is 4.82. The number of anilines is 1. The SMILES string of the molecule is COc1ccccc1C(=O)Nc1ccc(OC(=O)c2cc(C(C)(C)C)[nH]n2)cc1. The van der Waals surface area contributed by atoms with Gasteiger partial charge in [0.25, 0.3) is 5.91 Å². The number of ether oxygens (including phenoxy) is 2. The Morgan fingerprint density at radius 2 is 1.72 bits per heavy atom. The maximum atomic E-state index is 12.4. The molecule has 0 fully saturated rings. The highest BCUT2D eigenvalue weighted by molar-refractivity contribution is 6.06. The number of nitrogens with one attached hydrogen (secondary N) is 2. The highest BCUT2D eigenvalue weighted by Gasteiger charge is 2.20. The first-order chi connectivity index (χ1) is 13.8. The summed E-state index contributed by atoms with van der Waals surface area (Å²) in [4.78, 5) is 24.7. The van der Waals surface area contributed by atoms with E-state index in [2.05, 4.69) is 15.5 Å². The summed E-state index contributed by atoms with van der Waals surface area (Å²) in [6.45, 7) is 6.06. The van der Waals surface area contributed by atoms with Gasteiger partial charge in [-0.1, -0.05) is 32.9 Å². The van der Waals surface area contributed by atoms with Crippen molar-refractivity contribution in [2.24, 2.45) is 0 Å². The molecule has 0 saturated heterocycles. The van der Waals surface area contributed by atoms with E-state index in [9.17, 15) is 9.59 Å². The molecule has 1 aromatic heterocycles. The van der Waals surface area contributed by atoms with E-state index < -0.39 is 5.97 Å². The fourth-order valence-electron chi connectivity index (χ4n) is 2.61. The van der Waals surface area contributed by atoms with Gasteiger partial charge in [0, 0.05) is 16.8 Å². The number of aromatic nitrogens is 2. The third-order valence-corrected chi connectivity index (χ3v) is 4.27. The predicted molar refractivity (Wildman–Crippen MR) is 110 cm³/mol. The average molecular weight is 393 g/mol. The van der Waals surface area contributed by atoms with Crippen molar-refractivity contribution >= 4 is 17.6 Å². The molecule has 2 aromatic carbocycles. The second kappa shape index (κ2) is 8.18. The Kier molecular flexibility index (Phi) is 5.68. The fraction of sp³-hybridized carbons (Fsp3) is 0.227. The lowest BCUT2D eigenvalue weighted by molar-refractivity contribution is 0.0728. The Bertz CT molecular complexity index is 1020. The standard InChI is InChI=1S/C22H23N3O4/c1-22(2,3)19-13-17(24-25-19)21(27)29-15-11-9-14(10-12-15)23-20(26)16-7-5-6-8-18(16)28-4/h5-13H,1-4H3,(H,23,26)(H,24,25). The molecular weight excluding hydrogens is 370 g/mol. The van der Waals surface area contributed by atoms with E-state index in [1.807, 2.05) is 20.8 Å². The molecule has 7 heteroatoms. The number of carbonyl (C=O) groups excluding carboxylic acids is 2. The number of amides is 1. The molecule has 150 valence electrons. The van der Waals surface area contributed by atoms with E-state index in [-0.39, 0.29) is 17.0 Å². The summed E-state index contributed by atoms with van der Waals surface area (Å²) < 4.78 is 10.6. The van der Waals surface area contributed by atoms with Crippen LogP contribution in [0.2, 0.25) is 0 Å². The molecule has 0 aliphatic carbocycles. The second-order valence-corrected chi connectivity index (χ2v) is 7.49. The number of hydrogen-bond acceptors (Lipinski definition) is 5. The fourth-order valence-corrected chi connectivity index (χ4v) is 2.61. The molecule has 0 aliphatic heterocycles. The molecule has 0 radical (unpaired) electrons. The number of nitrogens with zero attached hydrogens (tertiary/aromatic N) is 1. The normalized spacial score (nSPS) is 11.0. The van der Waals surface area contributed by atoms with Crippen molar-refractivity contribution in [3.63, 3.8) is 0 Å². The molecule has 3 rings (SSSR count). The van der Waals surface area contributed by atoms with Gasteiger partial charge >= 0.3 is 5.97 Å². The molecule has 0 bridgehead atoms. The first kappa shape index (κ1) is 20.1. The van der Waals surface area contributed by atoms with Gasteiger partial charge in [-0.3, -0.25) is 9.89 Å². The summed E-state index contributed by atoms with van der Waals surface area (Å²) in [6.07, 6.45) is 0. The topological polar surface area (TPSA) is 93.3 Å². The molecule has 0 atom stereocenters. The molecule has 0 saturated carbocycles. The lowest BCUT2D eigenvalue weighted by Gasteiger charge is -2.14. The number of benzene rings is 2. The van der Waals surface area contributed by atoms with Crippen LogP contribution < -0.4 is 14.8 Å². The van der Waals surface area contributed by atoms with Gasteiger partial charge in [-0.25, -0.2) is 4.79 Å². The largest absolute Gasteiger partial charge is 0.496 e. The van der Waals surface area contributed by atoms with Crippen LogP contribution in [0.3, 0.4) is 0 Å². The molecule has 0 spiro atoms. The summed E-state index contributed by atoms with van der Waals surface area (Å²) in [5, 5.41) is 9.66. The van der Waals surface area contributed by atoms with Crippen LogP contribution in [0.4, 0.5) is 5.69 Å². The summed E-state index contributed by atoms with van der Waals surface area (Å²) >= 11 is 0. The molecular formula is C22H23N3O4. The van der Waals surface area contributed by atoms with Crippen molar-refractivity contribution in [3.8, 4) is 11.5 Å². The van der Waals surface area contributed by atoms with Crippen LogP contribution in [-0.2, 0) is 5.41 Å². The third-order valence-electron chi connectivity index (χ3n) is 4.27. The van der Waals surface area contributed by atoms with Crippen LogP contribution in [0.15, 0.2) is 54.6 Å². The van der Waals surface area contributed by atoms with E-state index >= 15 is 0 Å². The van der Waals surface area contributed by atoms with Gasteiger partial charge in [0.15, 0.2) is 5.69 Å². The molecule has 2 N–H and O–H groups in total. The van der Waals surface area contributed by atoms with Crippen LogP contribution >= 0.6 is 0 Å². The van der Waals surface area contributed by atoms with Gasteiger partial charge in [-0.15, -0.1) is 0 Å². The van der Waals surface area contributed by atoms with Crippen molar-refractivity contribution in [1.29, 1.82) is 0 Å².